The Morgan fingerprint density at radius 2 is 1.70 bits per heavy atom. The molecule has 1 aromatic heterocycles. The van der Waals surface area contributed by atoms with Crippen LogP contribution in [0.15, 0.2) is 54.6 Å². The zero-order valence-corrected chi connectivity index (χ0v) is 18.8. The fourth-order valence-electron chi connectivity index (χ4n) is 3.09. The minimum atomic E-state index is -0.374. The van der Waals surface area contributed by atoms with Crippen LogP contribution in [0.5, 0.6) is 5.75 Å². The molecule has 0 aliphatic rings. The van der Waals surface area contributed by atoms with E-state index in [-0.39, 0.29) is 5.97 Å². The Hall–Kier alpha value is -2.90. The Labute approximate surface area is 186 Å². The molecule has 0 spiro atoms. The Kier molecular flexibility index (Phi) is 7.43. The SMILES string of the molecule is CCOC(=O)c1c(NC(=S)Nc2ccccc2OCC)sc(C)c1-c1ccccc1. The van der Waals surface area contributed by atoms with Gasteiger partial charge in [0.1, 0.15) is 16.3 Å². The van der Waals surface area contributed by atoms with Crippen molar-refractivity contribution in [3.8, 4) is 16.9 Å². The molecule has 0 saturated heterocycles. The van der Waals surface area contributed by atoms with E-state index >= 15 is 0 Å². The number of carbonyl (C=O) groups excluding carboxylic acids is 1. The minimum Gasteiger partial charge on any atom is -0.492 e. The number of carbonyl (C=O) groups is 1. The number of aryl methyl sites for hydroxylation is 1. The molecule has 3 aromatic rings. The predicted octanol–water partition coefficient (Wildman–Crippen LogP) is 6.11. The Bertz CT molecular complexity index is 1030. The largest absolute Gasteiger partial charge is 0.492 e. The molecule has 156 valence electrons. The molecule has 0 fully saturated rings. The van der Waals surface area contributed by atoms with E-state index in [2.05, 4.69) is 10.6 Å². The lowest BCUT2D eigenvalue weighted by Gasteiger charge is -2.14. The Balaban J connectivity index is 1.92. The van der Waals surface area contributed by atoms with Crippen LogP contribution in [0.1, 0.15) is 29.1 Å². The fraction of sp³-hybridized carbons (Fsp3) is 0.217. The average Bonchev–Trinajstić information content (AvgIpc) is 3.06. The maximum Gasteiger partial charge on any atom is 0.341 e. The lowest BCUT2D eigenvalue weighted by molar-refractivity contribution is 0.0529. The summed E-state index contributed by atoms with van der Waals surface area (Å²) in [6.45, 7) is 6.56. The molecule has 5 nitrogen and oxygen atoms in total. The smallest absolute Gasteiger partial charge is 0.341 e. The second-order valence-corrected chi connectivity index (χ2v) is 7.97. The zero-order valence-electron chi connectivity index (χ0n) is 17.2. The molecule has 1 heterocycles. The summed E-state index contributed by atoms with van der Waals surface area (Å²) in [5.74, 6) is 0.336. The van der Waals surface area contributed by atoms with Crippen molar-refractivity contribution in [2.75, 3.05) is 23.8 Å². The number of hydrogen-bond acceptors (Lipinski definition) is 5. The molecule has 0 amide bonds. The fourth-order valence-corrected chi connectivity index (χ4v) is 4.44. The van der Waals surface area contributed by atoms with E-state index in [1.54, 1.807) is 6.92 Å². The second kappa shape index (κ2) is 10.2. The highest BCUT2D eigenvalue weighted by Gasteiger charge is 2.25. The Morgan fingerprint density at radius 1 is 1.00 bits per heavy atom. The van der Waals surface area contributed by atoms with Crippen molar-refractivity contribution in [3.63, 3.8) is 0 Å². The first-order chi connectivity index (χ1) is 14.5. The summed E-state index contributed by atoms with van der Waals surface area (Å²) in [4.78, 5) is 13.8. The molecule has 7 heteroatoms. The van der Waals surface area contributed by atoms with Gasteiger partial charge < -0.3 is 20.1 Å². The second-order valence-electron chi connectivity index (χ2n) is 6.33. The maximum absolute atomic E-state index is 12.8. The summed E-state index contributed by atoms with van der Waals surface area (Å²) in [5.41, 5.74) is 3.07. The van der Waals surface area contributed by atoms with E-state index in [0.717, 1.165) is 21.7 Å². The summed E-state index contributed by atoms with van der Waals surface area (Å²) in [6, 6.07) is 17.4. The van der Waals surface area contributed by atoms with Gasteiger partial charge in [0.2, 0.25) is 0 Å². The Morgan fingerprint density at radius 3 is 2.40 bits per heavy atom. The highest BCUT2D eigenvalue weighted by Crippen LogP contribution is 2.40. The van der Waals surface area contributed by atoms with Gasteiger partial charge in [-0.25, -0.2) is 4.79 Å². The molecule has 0 aliphatic carbocycles. The van der Waals surface area contributed by atoms with Crippen molar-refractivity contribution >= 4 is 45.3 Å². The van der Waals surface area contributed by atoms with Crippen LogP contribution >= 0.6 is 23.6 Å². The maximum atomic E-state index is 12.8. The van der Waals surface area contributed by atoms with Crippen molar-refractivity contribution in [2.24, 2.45) is 0 Å². The molecule has 3 rings (SSSR count). The topological polar surface area (TPSA) is 59.6 Å². The third-order valence-electron chi connectivity index (χ3n) is 4.29. The number of benzene rings is 2. The van der Waals surface area contributed by atoms with Crippen LogP contribution in [0.25, 0.3) is 11.1 Å². The van der Waals surface area contributed by atoms with Crippen molar-refractivity contribution in [1.82, 2.24) is 0 Å². The van der Waals surface area contributed by atoms with E-state index in [1.807, 2.05) is 68.4 Å². The number of hydrogen-bond donors (Lipinski definition) is 2. The third kappa shape index (κ3) is 4.98. The van der Waals surface area contributed by atoms with Gasteiger partial charge in [0, 0.05) is 10.4 Å². The van der Waals surface area contributed by atoms with Crippen LogP contribution in [0.2, 0.25) is 0 Å². The first-order valence-corrected chi connectivity index (χ1v) is 10.9. The van der Waals surface area contributed by atoms with Gasteiger partial charge in [-0.05, 0) is 50.7 Å². The number of anilines is 2. The molecule has 30 heavy (non-hydrogen) atoms. The van der Waals surface area contributed by atoms with Gasteiger partial charge in [0.05, 0.1) is 18.9 Å². The predicted molar refractivity (Wildman–Crippen MR) is 128 cm³/mol. The number of rotatable bonds is 7. The highest BCUT2D eigenvalue weighted by molar-refractivity contribution is 7.80. The van der Waals surface area contributed by atoms with Crippen molar-refractivity contribution in [1.29, 1.82) is 0 Å². The molecular formula is C23H24N2O3S2. The monoisotopic (exact) mass is 440 g/mol. The molecule has 2 N–H and O–H groups in total. The minimum absolute atomic E-state index is 0.297. The molecule has 0 unspecified atom stereocenters. The molecule has 0 radical (unpaired) electrons. The van der Waals surface area contributed by atoms with E-state index in [9.17, 15) is 4.79 Å². The zero-order chi connectivity index (χ0) is 21.5. The summed E-state index contributed by atoms with van der Waals surface area (Å²) in [5, 5.41) is 7.36. The first-order valence-electron chi connectivity index (χ1n) is 9.70. The summed E-state index contributed by atoms with van der Waals surface area (Å²) in [7, 11) is 0. The number of thiocarbonyl (C=S) groups is 1. The van der Waals surface area contributed by atoms with E-state index in [1.165, 1.54) is 11.3 Å². The molecular weight excluding hydrogens is 416 g/mol. The molecule has 0 bridgehead atoms. The average molecular weight is 441 g/mol. The normalized spacial score (nSPS) is 10.4. The van der Waals surface area contributed by atoms with Crippen LogP contribution < -0.4 is 15.4 Å². The number of thiophene rings is 1. The number of para-hydroxylation sites is 2. The van der Waals surface area contributed by atoms with Crippen LogP contribution in [0.3, 0.4) is 0 Å². The number of esters is 1. The molecule has 2 aromatic carbocycles. The first kappa shape index (κ1) is 21.8. The van der Waals surface area contributed by atoms with Crippen molar-refractivity contribution < 1.29 is 14.3 Å². The van der Waals surface area contributed by atoms with E-state index in [4.69, 9.17) is 21.7 Å². The van der Waals surface area contributed by atoms with Gasteiger partial charge >= 0.3 is 5.97 Å². The van der Waals surface area contributed by atoms with Crippen LogP contribution in [0, 0.1) is 6.92 Å². The number of ether oxygens (including phenoxy) is 2. The molecule has 0 aliphatic heterocycles. The van der Waals surface area contributed by atoms with E-state index in [0.29, 0.717) is 34.6 Å². The molecule has 0 atom stereocenters. The van der Waals surface area contributed by atoms with Crippen LogP contribution in [-0.2, 0) is 4.74 Å². The van der Waals surface area contributed by atoms with Crippen LogP contribution in [-0.4, -0.2) is 24.3 Å². The van der Waals surface area contributed by atoms with E-state index < -0.39 is 0 Å². The summed E-state index contributed by atoms with van der Waals surface area (Å²) in [6.07, 6.45) is 0. The third-order valence-corrected chi connectivity index (χ3v) is 5.51. The lowest BCUT2D eigenvalue weighted by Crippen LogP contribution is -2.20. The summed E-state index contributed by atoms with van der Waals surface area (Å²) < 4.78 is 11.0. The van der Waals surface area contributed by atoms with Gasteiger partial charge in [-0.1, -0.05) is 42.5 Å². The number of nitrogens with one attached hydrogen (secondary N) is 2. The van der Waals surface area contributed by atoms with Gasteiger partial charge in [0.15, 0.2) is 5.11 Å². The standard InChI is InChI=1S/C23H24N2O3S2/c1-4-27-18-14-10-9-13-17(18)24-23(29)25-21-20(22(26)28-5-2)19(15(3)30-21)16-11-7-6-8-12-16/h6-14H,4-5H2,1-3H3,(H2,24,25,29). The lowest BCUT2D eigenvalue weighted by atomic mass is 10.0. The van der Waals surface area contributed by atoms with Gasteiger partial charge in [0.25, 0.3) is 0 Å². The quantitative estimate of drug-likeness (QED) is 0.342. The van der Waals surface area contributed by atoms with Gasteiger partial charge in [-0.2, -0.15) is 0 Å². The van der Waals surface area contributed by atoms with Crippen molar-refractivity contribution in [3.05, 3.63) is 65.0 Å². The van der Waals surface area contributed by atoms with Crippen molar-refractivity contribution in [2.45, 2.75) is 20.8 Å². The highest BCUT2D eigenvalue weighted by atomic mass is 32.1. The van der Waals surface area contributed by atoms with Crippen LogP contribution in [0.4, 0.5) is 10.7 Å². The molecule has 0 saturated carbocycles. The summed E-state index contributed by atoms with van der Waals surface area (Å²) >= 11 is 6.99. The van der Waals surface area contributed by atoms with Gasteiger partial charge in [-0.15, -0.1) is 11.3 Å². The van der Waals surface area contributed by atoms with Gasteiger partial charge in [-0.3, -0.25) is 0 Å².